The van der Waals surface area contributed by atoms with Crippen molar-refractivity contribution in [3.8, 4) is 17.1 Å². The van der Waals surface area contributed by atoms with Gasteiger partial charge in [0.25, 0.3) is 5.56 Å². The van der Waals surface area contributed by atoms with E-state index < -0.39 is 5.56 Å². The van der Waals surface area contributed by atoms with Crippen molar-refractivity contribution in [3.05, 3.63) is 88.2 Å². The quantitative estimate of drug-likeness (QED) is 0.596. The molecular formula is C20H16N4O2. The Kier molecular flexibility index (Phi) is 3.85. The van der Waals surface area contributed by atoms with Gasteiger partial charge in [-0.3, -0.25) is 4.79 Å². The lowest BCUT2D eigenvalue weighted by Gasteiger charge is -2.10. The van der Waals surface area contributed by atoms with Gasteiger partial charge in [0, 0.05) is 18.1 Å². The summed E-state index contributed by atoms with van der Waals surface area (Å²) in [4.78, 5) is 17.0. The number of benzene rings is 2. The molecule has 6 nitrogen and oxygen atoms in total. The van der Waals surface area contributed by atoms with Crippen LogP contribution >= 0.6 is 0 Å². The maximum Gasteiger partial charge on any atom is 0.281 e. The first kappa shape index (κ1) is 15.8. The summed E-state index contributed by atoms with van der Waals surface area (Å²) in [6, 6.07) is 20.4. The summed E-state index contributed by atoms with van der Waals surface area (Å²) in [5.74, 6) is -0.299. The first-order valence-corrected chi connectivity index (χ1v) is 8.14. The minimum atomic E-state index is -0.409. The minimum Gasteiger partial charge on any atom is -0.493 e. The molecule has 0 amide bonds. The van der Waals surface area contributed by atoms with Gasteiger partial charge in [0.15, 0.2) is 5.65 Å². The van der Waals surface area contributed by atoms with Crippen LogP contribution in [0, 0.1) is 0 Å². The van der Waals surface area contributed by atoms with E-state index in [9.17, 15) is 9.90 Å². The highest BCUT2D eigenvalue weighted by molar-refractivity contribution is 5.74. The lowest BCUT2D eigenvalue weighted by atomic mass is 10.1. The fraction of sp³-hybridized carbons (Fsp3) is 0.0500. The van der Waals surface area contributed by atoms with E-state index >= 15 is 0 Å². The number of fused-ring (bicyclic) bond motifs is 1. The standard InChI is InChI=1S/C20H16N4O2/c21-16-12-17-22-19(25)15(11-13-7-3-1-4-8-13)20(26)24(17)23-18(16)14-9-5-2-6-10-14/h1-10,12,25H,11,21H2. The van der Waals surface area contributed by atoms with Gasteiger partial charge < -0.3 is 10.8 Å². The van der Waals surface area contributed by atoms with Crippen molar-refractivity contribution < 1.29 is 5.11 Å². The Bertz CT molecular complexity index is 1140. The van der Waals surface area contributed by atoms with E-state index in [0.29, 0.717) is 11.4 Å². The number of rotatable bonds is 3. The predicted molar refractivity (Wildman–Crippen MR) is 100 cm³/mol. The third kappa shape index (κ3) is 2.77. The number of hydrogen-bond donors (Lipinski definition) is 2. The Morgan fingerprint density at radius 2 is 1.65 bits per heavy atom. The molecule has 128 valence electrons. The van der Waals surface area contributed by atoms with Gasteiger partial charge in [-0.15, -0.1) is 0 Å². The van der Waals surface area contributed by atoms with E-state index in [-0.39, 0.29) is 23.5 Å². The van der Waals surface area contributed by atoms with Crippen molar-refractivity contribution in [1.29, 1.82) is 0 Å². The molecule has 3 N–H and O–H groups in total. The Morgan fingerprint density at radius 1 is 1.00 bits per heavy atom. The van der Waals surface area contributed by atoms with Crippen LogP contribution in [0.25, 0.3) is 16.9 Å². The van der Waals surface area contributed by atoms with Crippen LogP contribution < -0.4 is 11.3 Å². The monoisotopic (exact) mass is 344 g/mol. The van der Waals surface area contributed by atoms with Crippen molar-refractivity contribution in [1.82, 2.24) is 14.6 Å². The molecule has 4 aromatic rings. The number of nitrogen functional groups attached to an aromatic ring is 1. The normalized spacial score (nSPS) is 10.9. The average molecular weight is 344 g/mol. The van der Waals surface area contributed by atoms with Gasteiger partial charge in [-0.1, -0.05) is 60.7 Å². The third-order valence-corrected chi connectivity index (χ3v) is 4.19. The molecule has 0 saturated carbocycles. The number of nitrogens with zero attached hydrogens (tertiary/aromatic N) is 3. The van der Waals surface area contributed by atoms with Crippen LogP contribution in [0.3, 0.4) is 0 Å². The van der Waals surface area contributed by atoms with Crippen molar-refractivity contribution in [2.24, 2.45) is 0 Å². The van der Waals surface area contributed by atoms with E-state index in [2.05, 4.69) is 10.1 Å². The van der Waals surface area contributed by atoms with Gasteiger partial charge in [0.1, 0.15) is 5.69 Å². The topological polar surface area (TPSA) is 93.5 Å². The van der Waals surface area contributed by atoms with Gasteiger partial charge >= 0.3 is 0 Å². The van der Waals surface area contributed by atoms with Gasteiger partial charge in [-0.05, 0) is 5.56 Å². The fourth-order valence-electron chi connectivity index (χ4n) is 2.88. The molecule has 0 saturated heterocycles. The van der Waals surface area contributed by atoms with E-state index in [1.807, 2.05) is 60.7 Å². The van der Waals surface area contributed by atoms with Gasteiger partial charge in [0.2, 0.25) is 5.88 Å². The molecule has 0 radical (unpaired) electrons. The highest BCUT2D eigenvalue weighted by Crippen LogP contribution is 2.24. The minimum absolute atomic E-state index is 0.199. The van der Waals surface area contributed by atoms with Crippen LogP contribution in [-0.2, 0) is 6.42 Å². The van der Waals surface area contributed by atoms with Crippen molar-refractivity contribution >= 4 is 11.3 Å². The van der Waals surface area contributed by atoms with E-state index in [1.54, 1.807) is 6.07 Å². The van der Waals surface area contributed by atoms with Crippen LogP contribution in [0.5, 0.6) is 5.88 Å². The molecular weight excluding hydrogens is 328 g/mol. The van der Waals surface area contributed by atoms with E-state index in [4.69, 9.17) is 5.73 Å². The zero-order valence-electron chi connectivity index (χ0n) is 13.8. The molecule has 2 aromatic heterocycles. The second kappa shape index (κ2) is 6.33. The molecule has 2 heterocycles. The Labute approximate surface area is 149 Å². The van der Waals surface area contributed by atoms with Crippen molar-refractivity contribution in [2.75, 3.05) is 5.73 Å². The maximum atomic E-state index is 12.9. The summed E-state index contributed by atoms with van der Waals surface area (Å²) >= 11 is 0. The Morgan fingerprint density at radius 3 is 2.35 bits per heavy atom. The molecule has 0 aliphatic carbocycles. The maximum absolute atomic E-state index is 12.9. The Balaban J connectivity index is 1.91. The molecule has 0 unspecified atom stereocenters. The van der Waals surface area contributed by atoms with E-state index in [0.717, 1.165) is 11.1 Å². The Hall–Kier alpha value is -3.67. The molecule has 0 fully saturated rings. The molecule has 26 heavy (non-hydrogen) atoms. The molecule has 0 spiro atoms. The highest BCUT2D eigenvalue weighted by atomic mass is 16.3. The zero-order valence-corrected chi connectivity index (χ0v) is 13.8. The number of aromatic hydroxyl groups is 1. The first-order chi connectivity index (χ1) is 12.6. The molecule has 0 bridgehead atoms. The summed E-state index contributed by atoms with van der Waals surface area (Å²) < 4.78 is 1.19. The molecule has 6 heteroatoms. The number of aromatic nitrogens is 3. The van der Waals surface area contributed by atoms with E-state index in [1.165, 1.54) is 4.52 Å². The second-order valence-corrected chi connectivity index (χ2v) is 5.97. The second-order valence-electron chi connectivity index (χ2n) is 5.97. The van der Waals surface area contributed by atoms with Crippen LogP contribution in [0.2, 0.25) is 0 Å². The van der Waals surface area contributed by atoms with Crippen LogP contribution in [0.4, 0.5) is 5.69 Å². The van der Waals surface area contributed by atoms with Crippen molar-refractivity contribution in [2.45, 2.75) is 6.42 Å². The number of anilines is 1. The molecule has 0 aliphatic heterocycles. The molecule has 2 aromatic carbocycles. The summed E-state index contributed by atoms with van der Waals surface area (Å²) in [6.45, 7) is 0. The van der Waals surface area contributed by atoms with Gasteiger partial charge in [0.05, 0.1) is 11.3 Å². The predicted octanol–water partition coefficient (Wildman–Crippen LogP) is 2.64. The van der Waals surface area contributed by atoms with Crippen LogP contribution in [0.1, 0.15) is 11.1 Å². The first-order valence-electron chi connectivity index (χ1n) is 8.14. The molecule has 0 aliphatic rings. The van der Waals surface area contributed by atoms with Crippen LogP contribution in [-0.4, -0.2) is 19.7 Å². The van der Waals surface area contributed by atoms with Gasteiger partial charge in [-0.25, -0.2) is 0 Å². The number of hydrogen-bond acceptors (Lipinski definition) is 5. The zero-order chi connectivity index (χ0) is 18.1. The van der Waals surface area contributed by atoms with Crippen molar-refractivity contribution in [3.63, 3.8) is 0 Å². The number of nitrogens with two attached hydrogens (primary N) is 1. The molecule has 0 atom stereocenters. The fourth-order valence-corrected chi connectivity index (χ4v) is 2.88. The summed E-state index contributed by atoms with van der Waals surface area (Å²) in [6.07, 6.45) is 0.272. The lowest BCUT2D eigenvalue weighted by molar-refractivity contribution is 0.445. The largest absolute Gasteiger partial charge is 0.493 e. The summed E-state index contributed by atoms with van der Waals surface area (Å²) in [5, 5.41) is 14.6. The third-order valence-electron chi connectivity index (χ3n) is 4.19. The van der Waals surface area contributed by atoms with Gasteiger partial charge in [-0.2, -0.15) is 14.6 Å². The van der Waals surface area contributed by atoms with Crippen LogP contribution in [0.15, 0.2) is 71.5 Å². The highest BCUT2D eigenvalue weighted by Gasteiger charge is 2.16. The lowest BCUT2D eigenvalue weighted by Crippen LogP contribution is -2.23. The summed E-state index contributed by atoms with van der Waals surface area (Å²) in [5.41, 5.74) is 8.67. The summed E-state index contributed by atoms with van der Waals surface area (Å²) in [7, 11) is 0. The SMILES string of the molecule is Nc1cc2nc(O)c(Cc3ccccc3)c(=O)n2nc1-c1ccccc1. The molecule has 4 rings (SSSR count). The average Bonchev–Trinajstić information content (AvgIpc) is 2.66. The smallest absolute Gasteiger partial charge is 0.281 e.